The Morgan fingerprint density at radius 3 is 2.71 bits per heavy atom. The highest BCUT2D eigenvalue weighted by Gasteiger charge is 2.15. The van der Waals surface area contributed by atoms with Crippen LogP contribution >= 0.6 is 0 Å². The molecule has 0 heterocycles. The number of methoxy groups -OCH3 is 1. The molecule has 94 valence electrons. The third-order valence-electron chi connectivity index (χ3n) is 2.18. The number of carbonyl (C=O) groups is 1. The molecule has 6 heteroatoms. The van der Waals surface area contributed by atoms with Crippen LogP contribution < -0.4 is 0 Å². The Balaban J connectivity index is 2.66. The fourth-order valence-corrected chi connectivity index (χ4v) is 2.63. The van der Waals surface area contributed by atoms with Crippen molar-refractivity contribution in [3.8, 4) is 0 Å². The smallest absolute Gasteiger partial charge is 0.305 e. The zero-order chi connectivity index (χ0) is 12.9. The number of benzene rings is 1. The van der Waals surface area contributed by atoms with E-state index in [0.717, 1.165) is 6.07 Å². The molecule has 0 aliphatic rings. The fraction of sp³-hybridized carbons (Fsp3) is 0.364. The van der Waals surface area contributed by atoms with E-state index in [9.17, 15) is 17.6 Å². The molecule has 4 nitrogen and oxygen atoms in total. The molecule has 0 unspecified atom stereocenters. The minimum Gasteiger partial charge on any atom is -0.469 e. The van der Waals surface area contributed by atoms with Crippen LogP contribution in [-0.4, -0.2) is 27.2 Å². The van der Waals surface area contributed by atoms with Crippen LogP contribution in [0.4, 0.5) is 4.39 Å². The van der Waals surface area contributed by atoms with Crippen molar-refractivity contribution in [1.82, 2.24) is 0 Å². The van der Waals surface area contributed by atoms with E-state index in [2.05, 4.69) is 4.74 Å². The van der Waals surface area contributed by atoms with Crippen molar-refractivity contribution in [2.24, 2.45) is 0 Å². The first-order chi connectivity index (χ1) is 7.95. The summed E-state index contributed by atoms with van der Waals surface area (Å²) >= 11 is 0. The van der Waals surface area contributed by atoms with E-state index in [1.165, 1.54) is 25.3 Å². The van der Waals surface area contributed by atoms with E-state index in [1.807, 2.05) is 0 Å². The van der Waals surface area contributed by atoms with Crippen LogP contribution in [0.3, 0.4) is 0 Å². The Bertz CT molecular complexity index is 496. The summed E-state index contributed by atoms with van der Waals surface area (Å²) in [7, 11) is -2.29. The Morgan fingerprint density at radius 1 is 1.41 bits per heavy atom. The van der Waals surface area contributed by atoms with Gasteiger partial charge in [-0.2, -0.15) is 0 Å². The number of esters is 1. The largest absolute Gasteiger partial charge is 0.469 e. The van der Waals surface area contributed by atoms with Crippen LogP contribution in [0.25, 0.3) is 0 Å². The molecule has 1 rings (SSSR count). The highest BCUT2D eigenvalue weighted by molar-refractivity contribution is 7.91. The Morgan fingerprint density at radius 2 is 2.12 bits per heavy atom. The molecular weight excluding hydrogens is 247 g/mol. The molecule has 0 radical (unpaired) electrons. The summed E-state index contributed by atoms with van der Waals surface area (Å²) in [6, 6.07) is 4.81. The number of sulfone groups is 1. The quantitative estimate of drug-likeness (QED) is 0.754. The molecule has 0 N–H and O–H groups in total. The van der Waals surface area contributed by atoms with Crippen LogP contribution in [0.1, 0.15) is 12.8 Å². The third kappa shape index (κ3) is 4.14. The third-order valence-corrected chi connectivity index (χ3v) is 3.98. The predicted octanol–water partition coefficient (Wildman–Crippen LogP) is 1.55. The predicted molar refractivity (Wildman–Crippen MR) is 59.7 cm³/mol. The van der Waals surface area contributed by atoms with Gasteiger partial charge in [-0.25, -0.2) is 12.8 Å². The number of hydrogen-bond donors (Lipinski definition) is 0. The average molecular weight is 260 g/mol. The van der Waals surface area contributed by atoms with Crippen molar-refractivity contribution in [2.45, 2.75) is 17.7 Å². The molecule has 0 aliphatic carbocycles. The molecule has 0 bridgehead atoms. The van der Waals surface area contributed by atoms with Gasteiger partial charge >= 0.3 is 5.97 Å². The van der Waals surface area contributed by atoms with Crippen LogP contribution in [0.5, 0.6) is 0 Å². The topological polar surface area (TPSA) is 60.4 Å². The average Bonchev–Trinajstić information content (AvgIpc) is 2.28. The van der Waals surface area contributed by atoms with E-state index >= 15 is 0 Å². The number of hydrogen-bond acceptors (Lipinski definition) is 4. The van der Waals surface area contributed by atoms with Crippen molar-refractivity contribution < 1.29 is 22.3 Å². The maximum absolute atomic E-state index is 12.9. The highest BCUT2D eigenvalue weighted by atomic mass is 32.2. The van der Waals surface area contributed by atoms with E-state index in [0.29, 0.717) is 0 Å². The molecule has 0 aliphatic heterocycles. The Hall–Kier alpha value is -1.43. The van der Waals surface area contributed by atoms with Crippen LogP contribution in [-0.2, 0) is 19.4 Å². The van der Waals surface area contributed by atoms with Gasteiger partial charge in [0, 0.05) is 6.42 Å². The van der Waals surface area contributed by atoms with Gasteiger partial charge in [0.25, 0.3) is 0 Å². The maximum Gasteiger partial charge on any atom is 0.305 e. The molecule has 0 aromatic heterocycles. The van der Waals surface area contributed by atoms with Crippen LogP contribution in [0.2, 0.25) is 0 Å². The summed E-state index contributed by atoms with van der Waals surface area (Å²) < 4.78 is 40.7. The van der Waals surface area contributed by atoms with Gasteiger partial charge in [-0.3, -0.25) is 4.79 Å². The van der Waals surface area contributed by atoms with Gasteiger partial charge in [0.2, 0.25) is 0 Å². The molecule has 0 amide bonds. The molecule has 17 heavy (non-hydrogen) atoms. The first kappa shape index (κ1) is 13.6. The van der Waals surface area contributed by atoms with Gasteiger partial charge in [0.15, 0.2) is 9.84 Å². The zero-order valence-corrected chi connectivity index (χ0v) is 10.2. The van der Waals surface area contributed by atoms with E-state index < -0.39 is 21.6 Å². The van der Waals surface area contributed by atoms with Crippen molar-refractivity contribution >= 4 is 15.8 Å². The molecule has 0 atom stereocenters. The lowest BCUT2D eigenvalue weighted by molar-refractivity contribution is -0.140. The monoisotopic (exact) mass is 260 g/mol. The molecule has 1 aromatic carbocycles. The second-order valence-electron chi connectivity index (χ2n) is 3.46. The lowest BCUT2D eigenvalue weighted by atomic mass is 10.3. The molecule has 0 fully saturated rings. The van der Waals surface area contributed by atoms with Crippen molar-refractivity contribution in [3.05, 3.63) is 30.1 Å². The van der Waals surface area contributed by atoms with E-state index in [-0.39, 0.29) is 23.5 Å². The summed E-state index contributed by atoms with van der Waals surface area (Å²) in [5.74, 6) is -1.26. The number of halogens is 1. The zero-order valence-electron chi connectivity index (χ0n) is 9.35. The van der Waals surface area contributed by atoms with Gasteiger partial charge in [-0.15, -0.1) is 0 Å². The standard InChI is InChI=1S/C11H13FO4S/c1-16-11(13)6-3-7-17(14,15)10-5-2-4-9(12)8-10/h2,4-5,8H,3,6-7H2,1H3. The lowest BCUT2D eigenvalue weighted by Crippen LogP contribution is -2.09. The second kappa shape index (κ2) is 5.77. The molecule has 0 spiro atoms. The van der Waals surface area contributed by atoms with Crippen LogP contribution in [0, 0.1) is 5.82 Å². The van der Waals surface area contributed by atoms with Crippen molar-refractivity contribution in [1.29, 1.82) is 0 Å². The van der Waals surface area contributed by atoms with E-state index in [1.54, 1.807) is 0 Å². The highest BCUT2D eigenvalue weighted by Crippen LogP contribution is 2.14. The van der Waals surface area contributed by atoms with Gasteiger partial charge in [0.05, 0.1) is 17.8 Å². The number of carbonyl (C=O) groups excluding carboxylic acids is 1. The normalized spacial score (nSPS) is 11.2. The van der Waals surface area contributed by atoms with Gasteiger partial charge < -0.3 is 4.74 Å². The number of ether oxygens (including phenoxy) is 1. The van der Waals surface area contributed by atoms with Gasteiger partial charge in [0.1, 0.15) is 5.82 Å². The molecule has 0 saturated carbocycles. The summed E-state index contributed by atoms with van der Waals surface area (Å²) in [4.78, 5) is 10.7. The fourth-order valence-electron chi connectivity index (χ4n) is 1.29. The first-order valence-corrected chi connectivity index (χ1v) is 6.66. The van der Waals surface area contributed by atoms with E-state index in [4.69, 9.17) is 0 Å². The van der Waals surface area contributed by atoms with Crippen LogP contribution in [0.15, 0.2) is 29.2 Å². The number of rotatable bonds is 5. The molecule has 0 saturated heterocycles. The SMILES string of the molecule is COC(=O)CCCS(=O)(=O)c1cccc(F)c1. The summed E-state index contributed by atoms with van der Waals surface area (Å²) in [5, 5.41) is 0. The molecule has 1 aromatic rings. The minimum atomic E-state index is -3.53. The Kier molecular flexibility index (Phi) is 4.62. The lowest BCUT2D eigenvalue weighted by Gasteiger charge is -2.04. The summed E-state index contributed by atoms with van der Waals surface area (Å²) in [6.45, 7) is 0. The van der Waals surface area contributed by atoms with Gasteiger partial charge in [-0.05, 0) is 24.6 Å². The summed E-state index contributed by atoms with van der Waals surface area (Å²) in [6.07, 6.45) is 0.191. The minimum absolute atomic E-state index is 0.0328. The van der Waals surface area contributed by atoms with Crippen molar-refractivity contribution in [2.75, 3.05) is 12.9 Å². The second-order valence-corrected chi connectivity index (χ2v) is 5.57. The first-order valence-electron chi connectivity index (χ1n) is 5.01. The maximum atomic E-state index is 12.9. The molecular formula is C11H13FO4S. The van der Waals surface area contributed by atoms with Gasteiger partial charge in [-0.1, -0.05) is 6.07 Å². The summed E-state index contributed by atoms with van der Waals surface area (Å²) in [5.41, 5.74) is 0. The Labute approximate surface area is 99.3 Å². The van der Waals surface area contributed by atoms with Crippen molar-refractivity contribution in [3.63, 3.8) is 0 Å².